The molecule has 14 heteroatoms. The number of carboxylic acid groups (broad SMARTS) is 1. The lowest BCUT2D eigenvalue weighted by Gasteiger charge is -2.36. The molecule has 258 valence electrons. The smallest absolute Gasteiger partial charge is 0.309 e. The first kappa shape index (κ1) is 33.7. The Morgan fingerprint density at radius 1 is 1.04 bits per heavy atom. The molecule has 1 unspecified atom stereocenters. The number of nitrogens with one attached hydrogen (secondary N) is 2. The molecule has 3 N–H and O–H groups in total. The summed E-state index contributed by atoms with van der Waals surface area (Å²) in [6.07, 6.45) is 3.15. The zero-order valence-corrected chi connectivity index (χ0v) is 29.0. The Kier molecular flexibility index (Phi) is 9.36. The van der Waals surface area contributed by atoms with Gasteiger partial charge in [-0.05, 0) is 18.6 Å². The van der Waals surface area contributed by atoms with E-state index in [1.807, 2.05) is 53.4 Å². The summed E-state index contributed by atoms with van der Waals surface area (Å²) in [5.74, 6) is -0.119. The van der Waals surface area contributed by atoms with Gasteiger partial charge in [0.15, 0.2) is 0 Å². The second kappa shape index (κ2) is 13.9. The van der Waals surface area contributed by atoms with Crippen molar-refractivity contribution in [1.29, 1.82) is 0 Å². The molecular formula is C36H35Cl2N7O5. The summed E-state index contributed by atoms with van der Waals surface area (Å²) in [4.78, 5) is 42.8. The molecule has 1 amide bonds. The Morgan fingerprint density at radius 2 is 1.74 bits per heavy atom. The molecule has 2 aromatic carbocycles. The van der Waals surface area contributed by atoms with Crippen LogP contribution < -0.4 is 20.9 Å². The molecule has 0 radical (unpaired) electrons. The fraction of sp³-hybridized carbons (Fsp3) is 0.306. The van der Waals surface area contributed by atoms with Gasteiger partial charge in [-0.2, -0.15) is 5.10 Å². The standard InChI is InChI=1S/C36H35Cl2N7O5/c1-43-30(19-44-16-22(17-44)36(48)49)42-45-18-21(13-29(45)35(43)47)24-5-3-6-25(32(24)37)26-7-4-8-27(33(26)38)28-11-9-20(34(41-28)50-2)14-39-15-23-10-12-31(46)40-23/h3-9,11,13,18,22-23,39H,10,12,14-17,19H2,1-2H3,(H,40,46)(H,48,49). The summed E-state index contributed by atoms with van der Waals surface area (Å²) in [6.45, 7) is 2.39. The lowest BCUT2D eigenvalue weighted by Crippen LogP contribution is -2.50. The van der Waals surface area contributed by atoms with E-state index in [1.54, 1.807) is 30.9 Å². The summed E-state index contributed by atoms with van der Waals surface area (Å²) in [6, 6.07) is 17.1. The lowest BCUT2D eigenvalue weighted by atomic mass is 9.97. The van der Waals surface area contributed by atoms with Gasteiger partial charge in [-0.3, -0.25) is 23.9 Å². The third-order valence-electron chi connectivity index (χ3n) is 9.40. The van der Waals surface area contributed by atoms with Crippen LogP contribution in [0.4, 0.5) is 0 Å². The highest BCUT2D eigenvalue weighted by molar-refractivity contribution is 6.39. The predicted molar refractivity (Wildman–Crippen MR) is 190 cm³/mol. The number of halogens is 2. The quantitative estimate of drug-likeness (QED) is 0.178. The van der Waals surface area contributed by atoms with Crippen molar-refractivity contribution >= 4 is 40.6 Å². The van der Waals surface area contributed by atoms with Crippen LogP contribution in [0.5, 0.6) is 5.88 Å². The molecule has 0 saturated carbocycles. The Balaban J connectivity index is 1.15. The molecule has 5 aromatic rings. The number of aromatic nitrogens is 4. The van der Waals surface area contributed by atoms with Crippen LogP contribution in [-0.4, -0.2) is 73.8 Å². The minimum Gasteiger partial charge on any atom is -0.481 e. The van der Waals surface area contributed by atoms with E-state index < -0.39 is 11.9 Å². The van der Waals surface area contributed by atoms with Crippen LogP contribution in [-0.2, 0) is 29.7 Å². The highest BCUT2D eigenvalue weighted by atomic mass is 35.5. The summed E-state index contributed by atoms with van der Waals surface area (Å²) in [5.41, 5.74) is 5.26. The van der Waals surface area contributed by atoms with Crippen molar-refractivity contribution < 1.29 is 19.4 Å². The number of nitrogens with zero attached hydrogens (tertiary/aromatic N) is 5. The van der Waals surface area contributed by atoms with Crippen molar-refractivity contribution in [2.45, 2.75) is 32.0 Å². The molecule has 12 nitrogen and oxygen atoms in total. The number of likely N-dealkylation sites (tertiary alicyclic amines) is 1. The highest BCUT2D eigenvalue weighted by Crippen LogP contribution is 2.42. The van der Waals surface area contributed by atoms with Crippen LogP contribution in [0.15, 0.2) is 65.6 Å². The fourth-order valence-corrected chi connectivity index (χ4v) is 7.22. The molecule has 2 aliphatic rings. The number of ether oxygens (including phenoxy) is 1. The normalized spacial score (nSPS) is 16.5. The van der Waals surface area contributed by atoms with Crippen LogP contribution in [0.2, 0.25) is 10.0 Å². The minimum absolute atomic E-state index is 0.0860. The van der Waals surface area contributed by atoms with Crippen molar-refractivity contribution in [3.8, 4) is 39.4 Å². The number of amides is 1. The van der Waals surface area contributed by atoms with Crippen molar-refractivity contribution in [3.63, 3.8) is 0 Å². The van der Waals surface area contributed by atoms with Gasteiger partial charge in [0.25, 0.3) is 5.56 Å². The van der Waals surface area contributed by atoms with E-state index in [2.05, 4.69) is 10.6 Å². The van der Waals surface area contributed by atoms with Gasteiger partial charge in [0.1, 0.15) is 11.3 Å². The Labute approximate surface area is 297 Å². The zero-order chi connectivity index (χ0) is 35.1. The van der Waals surface area contributed by atoms with Gasteiger partial charge >= 0.3 is 5.97 Å². The largest absolute Gasteiger partial charge is 0.481 e. The molecule has 3 aromatic heterocycles. The number of carbonyl (C=O) groups excluding carboxylic acids is 1. The van der Waals surface area contributed by atoms with E-state index in [1.165, 1.54) is 4.57 Å². The van der Waals surface area contributed by atoms with Gasteiger partial charge in [0.2, 0.25) is 11.8 Å². The number of carboxylic acids is 1. The third-order valence-corrected chi connectivity index (χ3v) is 10.2. The van der Waals surface area contributed by atoms with E-state index in [0.717, 1.165) is 17.5 Å². The van der Waals surface area contributed by atoms with Gasteiger partial charge < -0.3 is 20.5 Å². The Morgan fingerprint density at radius 3 is 2.42 bits per heavy atom. The van der Waals surface area contributed by atoms with Gasteiger partial charge in [-0.15, -0.1) is 0 Å². The summed E-state index contributed by atoms with van der Waals surface area (Å²) >= 11 is 14.2. The Bertz CT molecular complexity index is 2190. The third kappa shape index (κ3) is 6.47. The molecule has 0 bridgehead atoms. The number of carbonyl (C=O) groups is 2. The number of pyridine rings is 1. The maximum atomic E-state index is 13.3. The zero-order valence-electron chi connectivity index (χ0n) is 27.5. The number of methoxy groups -OCH3 is 1. The maximum absolute atomic E-state index is 13.3. The average molecular weight is 717 g/mol. The second-order valence-electron chi connectivity index (χ2n) is 12.7. The SMILES string of the molecule is COc1nc(-c2cccc(-c3cccc(-c4cc5c(=O)n(C)c(CN6CC(C(=O)O)C6)nn5c4)c3Cl)c2Cl)ccc1CNCC1CCC(=O)N1. The second-order valence-corrected chi connectivity index (χ2v) is 13.5. The first-order valence-electron chi connectivity index (χ1n) is 16.3. The molecule has 7 rings (SSSR count). The molecule has 0 spiro atoms. The van der Waals surface area contributed by atoms with E-state index in [9.17, 15) is 19.5 Å². The van der Waals surface area contributed by atoms with Crippen molar-refractivity contribution in [1.82, 2.24) is 34.7 Å². The van der Waals surface area contributed by atoms with Crippen molar-refractivity contribution in [2.24, 2.45) is 13.0 Å². The maximum Gasteiger partial charge on any atom is 0.309 e. The van der Waals surface area contributed by atoms with Crippen LogP contribution in [0.25, 0.3) is 39.0 Å². The molecular weight excluding hydrogens is 681 g/mol. The van der Waals surface area contributed by atoms with Crippen LogP contribution >= 0.6 is 23.2 Å². The number of hydrogen-bond donors (Lipinski definition) is 3. The molecule has 0 aliphatic carbocycles. The fourth-order valence-electron chi connectivity index (χ4n) is 6.56. The molecule has 2 fully saturated rings. The average Bonchev–Trinajstić information content (AvgIpc) is 3.71. The Hall–Kier alpha value is -4.75. The topological polar surface area (TPSA) is 143 Å². The molecule has 50 heavy (non-hydrogen) atoms. The summed E-state index contributed by atoms with van der Waals surface area (Å²) in [5, 5.41) is 21.2. The molecule has 2 aliphatic heterocycles. The van der Waals surface area contributed by atoms with Gasteiger partial charge in [-0.25, -0.2) is 9.50 Å². The molecule has 5 heterocycles. The summed E-state index contributed by atoms with van der Waals surface area (Å²) < 4.78 is 8.69. The number of fused-ring (bicyclic) bond motifs is 1. The van der Waals surface area contributed by atoms with Crippen LogP contribution in [0, 0.1) is 5.92 Å². The predicted octanol–water partition coefficient (Wildman–Crippen LogP) is 4.63. The van der Waals surface area contributed by atoms with Crippen molar-refractivity contribution in [2.75, 3.05) is 26.7 Å². The van der Waals surface area contributed by atoms with Gasteiger partial charge in [-0.1, -0.05) is 65.7 Å². The number of aliphatic carboxylic acids is 1. The summed E-state index contributed by atoms with van der Waals surface area (Å²) in [7, 11) is 3.25. The minimum atomic E-state index is -0.815. The van der Waals surface area contributed by atoms with Crippen LogP contribution in [0.3, 0.4) is 0 Å². The van der Waals surface area contributed by atoms with E-state index in [-0.39, 0.29) is 17.5 Å². The van der Waals surface area contributed by atoms with Crippen molar-refractivity contribution in [3.05, 3.63) is 92.6 Å². The number of hydrogen-bond acceptors (Lipinski definition) is 8. The van der Waals surface area contributed by atoms with Crippen LogP contribution in [0.1, 0.15) is 24.2 Å². The van der Waals surface area contributed by atoms with Gasteiger partial charge in [0, 0.05) is 85.3 Å². The number of rotatable bonds is 11. The lowest BCUT2D eigenvalue weighted by molar-refractivity contribution is -0.147. The van der Waals surface area contributed by atoms with Gasteiger partial charge in [0.05, 0.1) is 35.3 Å². The van der Waals surface area contributed by atoms with E-state index in [4.69, 9.17) is 38.0 Å². The first-order valence-corrected chi connectivity index (χ1v) is 17.0. The highest BCUT2D eigenvalue weighted by Gasteiger charge is 2.33. The first-order chi connectivity index (χ1) is 24.1. The molecule has 1 atom stereocenters. The van der Waals surface area contributed by atoms with E-state index >= 15 is 0 Å². The van der Waals surface area contributed by atoms with E-state index in [0.29, 0.717) is 94.4 Å². The molecule has 2 saturated heterocycles. The number of benzene rings is 2. The monoisotopic (exact) mass is 715 g/mol.